The number of benzene rings is 1. The molecule has 1 aliphatic heterocycles. The van der Waals surface area contributed by atoms with Gasteiger partial charge in [0, 0.05) is 0 Å². The van der Waals surface area contributed by atoms with Gasteiger partial charge in [0.2, 0.25) is 0 Å². The number of hydrogen-bond acceptors (Lipinski definition) is 2. The predicted octanol–water partition coefficient (Wildman–Crippen LogP) is 4.19. The molecule has 0 saturated carbocycles. The van der Waals surface area contributed by atoms with E-state index in [0.717, 1.165) is 17.1 Å². The summed E-state index contributed by atoms with van der Waals surface area (Å²) < 4.78 is 0. The van der Waals surface area contributed by atoms with Gasteiger partial charge in [0.25, 0.3) is 0 Å². The van der Waals surface area contributed by atoms with E-state index in [1.165, 1.54) is 0 Å². The van der Waals surface area contributed by atoms with E-state index in [-0.39, 0.29) is 10.3 Å². The summed E-state index contributed by atoms with van der Waals surface area (Å²) in [6, 6.07) is 5.60. The molecule has 0 amide bonds. The molecule has 2 atom stereocenters. The number of anilines is 1. The molecule has 0 fully saturated rings. The third-order valence-corrected chi connectivity index (χ3v) is 3.30. The Morgan fingerprint density at radius 3 is 2.93 bits per heavy atom. The van der Waals surface area contributed by atoms with Crippen LogP contribution < -0.4 is 5.32 Å². The second kappa shape index (κ2) is 4.32. The zero-order valence-electron chi connectivity index (χ0n) is 7.97. The second-order valence-corrected chi connectivity index (χ2v) is 5.51. The van der Waals surface area contributed by atoms with Gasteiger partial charge in [-0.3, -0.25) is 4.99 Å². The highest BCUT2D eigenvalue weighted by atomic mass is 79.9. The highest BCUT2D eigenvalue weighted by Gasteiger charge is 2.24. The van der Waals surface area contributed by atoms with Crippen LogP contribution in [0.1, 0.15) is 6.92 Å². The van der Waals surface area contributed by atoms with Gasteiger partial charge in [-0.25, -0.2) is 0 Å². The van der Waals surface area contributed by atoms with Crippen LogP contribution in [0.2, 0.25) is 5.02 Å². The Morgan fingerprint density at radius 1 is 1.53 bits per heavy atom. The lowest BCUT2D eigenvalue weighted by molar-refractivity contribution is 1.15. The zero-order valence-corrected chi connectivity index (χ0v) is 11.1. The summed E-state index contributed by atoms with van der Waals surface area (Å²) in [5.41, 5.74) is 2.19. The number of para-hydroxylation sites is 1. The Morgan fingerprint density at radius 2 is 2.27 bits per heavy atom. The Bertz CT molecular complexity index is 418. The van der Waals surface area contributed by atoms with Crippen LogP contribution in [-0.4, -0.2) is 16.0 Å². The molecule has 1 aliphatic rings. The van der Waals surface area contributed by atoms with Crippen LogP contribution in [0.15, 0.2) is 23.2 Å². The molecule has 2 rings (SSSR count). The second-order valence-electron chi connectivity index (χ2n) is 3.29. The fraction of sp³-hybridized carbons (Fsp3) is 0.300. The third-order valence-electron chi connectivity index (χ3n) is 2.18. The largest absolute Gasteiger partial charge is 0.362 e. The smallest absolute Gasteiger partial charge is 0.141 e. The Hall–Kier alpha value is -0.250. The fourth-order valence-electron chi connectivity index (χ4n) is 1.44. The number of alkyl halides is 2. The molecule has 5 heteroatoms. The van der Waals surface area contributed by atoms with Crippen molar-refractivity contribution in [3.8, 4) is 0 Å². The molecule has 1 heterocycles. The average Bonchev–Trinajstić information content (AvgIpc) is 2.18. The van der Waals surface area contributed by atoms with Crippen molar-refractivity contribution in [1.29, 1.82) is 0 Å². The Kier molecular flexibility index (Phi) is 3.24. The first-order valence-electron chi connectivity index (χ1n) is 4.51. The lowest BCUT2D eigenvalue weighted by Gasteiger charge is -2.24. The van der Waals surface area contributed by atoms with E-state index in [1.807, 2.05) is 25.1 Å². The van der Waals surface area contributed by atoms with Crippen LogP contribution in [0.3, 0.4) is 0 Å². The molecule has 0 saturated heterocycles. The summed E-state index contributed by atoms with van der Waals surface area (Å²) in [4.78, 5) is 4.62. The van der Waals surface area contributed by atoms with Gasteiger partial charge in [-0.2, -0.15) is 0 Å². The van der Waals surface area contributed by atoms with E-state index < -0.39 is 0 Å². The molecule has 1 aromatic rings. The summed E-state index contributed by atoms with van der Waals surface area (Å²) in [6.07, 6.45) is 0. The summed E-state index contributed by atoms with van der Waals surface area (Å²) in [5, 5.41) is 3.77. The fourth-order valence-corrected chi connectivity index (χ4v) is 2.53. The first kappa shape index (κ1) is 11.2. The monoisotopic (exact) mass is 306 g/mol. The van der Waals surface area contributed by atoms with E-state index in [2.05, 4.69) is 26.2 Å². The van der Waals surface area contributed by atoms with Crippen LogP contribution in [0.25, 0.3) is 0 Å². The molecule has 0 radical (unpaired) electrons. The van der Waals surface area contributed by atoms with E-state index >= 15 is 0 Å². The van der Waals surface area contributed by atoms with Crippen molar-refractivity contribution in [2.24, 2.45) is 4.99 Å². The molecule has 2 nitrogen and oxygen atoms in total. The standard InChI is InChI=1S/C10H9BrCl2N2/c1-5(11)8-10(13)15-9-6(12)3-2-4-7(9)14-8/h2-5,10,15H,1H3. The average molecular weight is 308 g/mol. The van der Waals surface area contributed by atoms with Crippen LogP contribution in [0.5, 0.6) is 0 Å². The number of aliphatic imine (C=N–C) groups is 1. The minimum atomic E-state index is -0.313. The van der Waals surface area contributed by atoms with Gasteiger partial charge >= 0.3 is 0 Å². The highest BCUT2D eigenvalue weighted by molar-refractivity contribution is 9.10. The molecular formula is C10H9BrCl2N2. The molecule has 2 unspecified atom stereocenters. The Balaban J connectivity index is 2.50. The minimum absolute atomic E-state index is 0.139. The van der Waals surface area contributed by atoms with Crippen molar-refractivity contribution in [2.75, 3.05) is 5.32 Å². The molecule has 1 aromatic carbocycles. The summed E-state index contributed by atoms with van der Waals surface area (Å²) >= 11 is 15.6. The zero-order chi connectivity index (χ0) is 11.0. The minimum Gasteiger partial charge on any atom is -0.362 e. The first-order chi connectivity index (χ1) is 7.09. The van der Waals surface area contributed by atoms with Crippen LogP contribution >= 0.6 is 39.1 Å². The van der Waals surface area contributed by atoms with Crippen molar-refractivity contribution in [1.82, 2.24) is 0 Å². The molecule has 0 aromatic heterocycles. The van der Waals surface area contributed by atoms with Crippen LogP contribution in [0, 0.1) is 0 Å². The molecule has 0 aliphatic carbocycles. The van der Waals surface area contributed by atoms with Crippen molar-refractivity contribution < 1.29 is 0 Å². The molecule has 15 heavy (non-hydrogen) atoms. The highest BCUT2D eigenvalue weighted by Crippen LogP contribution is 2.37. The quantitative estimate of drug-likeness (QED) is 0.610. The molecule has 0 bridgehead atoms. The van der Waals surface area contributed by atoms with Gasteiger partial charge in [-0.15, -0.1) is 0 Å². The first-order valence-corrected chi connectivity index (χ1v) is 6.24. The van der Waals surface area contributed by atoms with Gasteiger partial charge in [-0.1, -0.05) is 45.2 Å². The van der Waals surface area contributed by atoms with Crippen molar-refractivity contribution in [3.63, 3.8) is 0 Å². The summed E-state index contributed by atoms with van der Waals surface area (Å²) in [7, 11) is 0. The van der Waals surface area contributed by atoms with Gasteiger partial charge < -0.3 is 5.32 Å². The van der Waals surface area contributed by atoms with Crippen molar-refractivity contribution >= 4 is 56.2 Å². The normalized spacial score (nSPS) is 21.3. The van der Waals surface area contributed by atoms with E-state index in [9.17, 15) is 0 Å². The maximum absolute atomic E-state index is 6.15. The summed E-state index contributed by atoms with van der Waals surface area (Å²) in [5.74, 6) is 0. The van der Waals surface area contributed by atoms with Gasteiger partial charge in [0.15, 0.2) is 0 Å². The number of rotatable bonds is 1. The maximum Gasteiger partial charge on any atom is 0.141 e. The third kappa shape index (κ3) is 2.14. The predicted molar refractivity (Wildman–Crippen MR) is 70.2 cm³/mol. The van der Waals surface area contributed by atoms with Gasteiger partial charge in [0.05, 0.1) is 26.9 Å². The lowest BCUT2D eigenvalue weighted by atomic mass is 10.2. The topological polar surface area (TPSA) is 24.4 Å². The van der Waals surface area contributed by atoms with E-state index in [1.54, 1.807) is 0 Å². The summed E-state index contributed by atoms with van der Waals surface area (Å²) in [6.45, 7) is 1.99. The van der Waals surface area contributed by atoms with Gasteiger partial charge in [0.1, 0.15) is 5.50 Å². The van der Waals surface area contributed by atoms with E-state index in [4.69, 9.17) is 23.2 Å². The number of nitrogens with one attached hydrogen (secondary N) is 1. The van der Waals surface area contributed by atoms with Crippen molar-refractivity contribution in [3.05, 3.63) is 23.2 Å². The molecule has 80 valence electrons. The number of hydrogen-bond donors (Lipinski definition) is 1. The van der Waals surface area contributed by atoms with Crippen LogP contribution in [-0.2, 0) is 0 Å². The number of fused-ring (bicyclic) bond motifs is 1. The van der Waals surface area contributed by atoms with E-state index in [0.29, 0.717) is 5.02 Å². The molecule has 0 spiro atoms. The van der Waals surface area contributed by atoms with Gasteiger partial charge in [-0.05, 0) is 19.1 Å². The molecular weight excluding hydrogens is 299 g/mol. The molecule has 1 N–H and O–H groups in total. The number of halogens is 3. The van der Waals surface area contributed by atoms with Crippen molar-refractivity contribution in [2.45, 2.75) is 17.3 Å². The lowest BCUT2D eigenvalue weighted by Crippen LogP contribution is -2.31. The van der Waals surface area contributed by atoms with Crippen LogP contribution in [0.4, 0.5) is 11.4 Å². The number of nitrogens with zero attached hydrogens (tertiary/aromatic N) is 1. The Labute approximate surface area is 107 Å². The maximum atomic E-state index is 6.15. The SMILES string of the molecule is CC(Br)C1=Nc2cccc(Cl)c2NC1Cl.